The third-order valence-electron chi connectivity index (χ3n) is 1.26. The summed E-state index contributed by atoms with van der Waals surface area (Å²) in [5.41, 5.74) is 2.39. The number of aryl methyl sites for hydroxylation is 1. The van der Waals surface area contributed by atoms with E-state index in [4.69, 9.17) is 0 Å². The molecule has 1 aromatic rings. The Kier molecular flexibility index (Phi) is 2.75. The molecule has 1 nitrogen and oxygen atoms in total. The minimum absolute atomic E-state index is 1.01. The summed E-state index contributed by atoms with van der Waals surface area (Å²) in [6.07, 6.45) is 3.99. The van der Waals surface area contributed by atoms with Gasteiger partial charge in [-0.2, -0.15) is 11.8 Å². The molecular formula is C8H11NS. The molecule has 0 aliphatic carbocycles. The molecule has 0 bridgehead atoms. The Balaban J connectivity index is 2.69. The standard InChI is InChI=1S/C8H11NS/c1-7-3-4-8(6-10-2)9-5-7/h3-5H,6H2,1-2H3. The average Bonchev–Trinajstić information content (AvgIpc) is 1.95. The molecule has 2 heteroatoms. The second kappa shape index (κ2) is 3.62. The van der Waals surface area contributed by atoms with Crippen LogP contribution in [0.4, 0.5) is 0 Å². The van der Waals surface area contributed by atoms with Gasteiger partial charge in [-0.1, -0.05) is 6.07 Å². The summed E-state index contributed by atoms with van der Waals surface area (Å²) in [5, 5.41) is 0. The number of rotatable bonds is 2. The number of pyridine rings is 1. The van der Waals surface area contributed by atoms with Crippen LogP contribution in [0.2, 0.25) is 0 Å². The fraction of sp³-hybridized carbons (Fsp3) is 0.375. The van der Waals surface area contributed by atoms with Gasteiger partial charge in [0.1, 0.15) is 0 Å². The normalized spacial score (nSPS) is 9.80. The molecule has 0 saturated carbocycles. The molecule has 1 heterocycles. The van der Waals surface area contributed by atoms with Gasteiger partial charge in [0.05, 0.1) is 5.69 Å². The Morgan fingerprint density at radius 1 is 1.50 bits per heavy atom. The summed E-state index contributed by atoms with van der Waals surface area (Å²) in [5.74, 6) is 1.01. The topological polar surface area (TPSA) is 12.9 Å². The second-order valence-corrected chi connectivity index (χ2v) is 3.13. The summed E-state index contributed by atoms with van der Waals surface area (Å²) in [4.78, 5) is 4.25. The molecule has 1 rings (SSSR count). The number of hydrogen-bond donors (Lipinski definition) is 0. The lowest BCUT2D eigenvalue weighted by Gasteiger charge is -1.96. The highest BCUT2D eigenvalue weighted by atomic mass is 32.2. The van der Waals surface area contributed by atoms with Gasteiger partial charge in [-0.3, -0.25) is 4.98 Å². The third-order valence-corrected chi connectivity index (χ3v) is 1.85. The molecule has 1 aromatic heterocycles. The fourth-order valence-electron chi connectivity index (χ4n) is 0.732. The Bertz CT molecular complexity index is 193. The zero-order valence-electron chi connectivity index (χ0n) is 6.29. The van der Waals surface area contributed by atoms with Gasteiger partial charge in [-0.05, 0) is 24.8 Å². The number of hydrogen-bond acceptors (Lipinski definition) is 2. The molecule has 0 N–H and O–H groups in total. The molecule has 0 spiro atoms. The lowest BCUT2D eigenvalue weighted by molar-refractivity contribution is 1.15. The van der Waals surface area contributed by atoms with E-state index >= 15 is 0 Å². The van der Waals surface area contributed by atoms with E-state index in [2.05, 4.69) is 30.3 Å². The van der Waals surface area contributed by atoms with E-state index in [-0.39, 0.29) is 0 Å². The Hall–Kier alpha value is -0.500. The minimum atomic E-state index is 1.01. The maximum atomic E-state index is 4.25. The van der Waals surface area contributed by atoms with Crippen LogP contribution in [0.1, 0.15) is 11.3 Å². The Morgan fingerprint density at radius 2 is 2.30 bits per heavy atom. The van der Waals surface area contributed by atoms with Gasteiger partial charge < -0.3 is 0 Å². The van der Waals surface area contributed by atoms with Crippen LogP contribution in [0, 0.1) is 6.92 Å². The Labute approximate surface area is 65.9 Å². The van der Waals surface area contributed by atoms with Crippen LogP contribution in [0.3, 0.4) is 0 Å². The molecule has 10 heavy (non-hydrogen) atoms. The van der Waals surface area contributed by atoms with Crippen LogP contribution in [-0.4, -0.2) is 11.2 Å². The largest absolute Gasteiger partial charge is 0.260 e. The first-order valence-electron chi connectivity index (χ1n) is 3.23. The highest BCUT2D eigenvalue weighted by Crippen LogP contribution is 2.05. The molecular weight excluding hydrogens is 142 g/mol. The first kappa shape index (κ1) is 7.61. The van der Waals surface area contributed by atoms with Gasteiger partial charge in [0.25, 0.3) is 0 Å². The molecule has 0 aliphatic rings. The molecule has 0 amide bonds. The van der Waals surface area contributed by atoms with Crippen molar-refractivity contribution in [3.63, 3.8) is 0 Å². The third kappa shape index (κ3) is 2.03. The van der Waals surface area contributed by atoms with Crippen molar-refractivity contribution < 1.29 is 0 Å². The first-order valence-corrected chi connectivity index (χ1v) is 4.63. The van der Waals surface area contributed by atoms with Crippen LogP contribution in [0.5, 0.6) is 0 Å². The Morgan fingerprint density at radius 3 is 2.80 bits per heavy atom. The van der Waals surface area contributed by atoms with Gasteiger partial charge >= 0.3 is 0 Å². The predicted molar refractivity (Wildman–Crippen MR) is 46.2 cm³/mol. The fourth-order valence-corrected chi connectivity index (χ4v) is 1.20. The van der Waals surface area contributed by atoms with E-state index in [0.717, 1.165) is 11.4 Å². The van der Waals surface area contributed by atoms with Crippen molar-refractivity contribution >= 4 is 11.8 Å². The van der Waals surface area contributed by atoms with Crippen LogP contribution >= 0.6 is 11.8 Å². The van der Waals surface area contributed by atoms with Crippen molar-refractivity contribution in [3.05, 3.63) is 29.6 Å². The van der Waals surface area contributed by atoms with E-state index in [1.165, 1.54) is 5.56 Å². The SMILES string of the molecule is CSCc1ccc(C)cn1. The summed E-state index contributed by atoms with van der Waals surface area (Å²) in [6, 6.07) is 4.17. The van der Waals surface area contributed by atoms with Gasteiger partial charge in [0.2, 0.25) is 0 Å². The molecule has 0 fully saturated rings. The molecule has 0 aromatic carbocycles. The first-order chi connectivity index (χ1) is 4.83. The highest BCUT2D eigenvalue weighted by Gasteiger charge is 1.89. The van der Waals surface area contributed by atoms with E-state index in [1.54, 1.807) is 11.8 Å². The van der Waals surface area contributed by atoms with Gasteiger partial charge in [0, 0.05) is 11.9 Å². The lowest BCUT2D eigenvalue weighted by atomic mass is 10.3. The van der Waals surface area contributed by atoms with Crippen molar-refractivity contribution in [1.29, 1.82) is 0 Å². The summed E-state index contributed by atoms with van der Waals surface area (Å²) >= 11 is 1.80. The maximum absolute atomic E-state index is 4.25. The van der Waals surface area contributed by atoms with Crippen molar-refractivity contribution in [2.45, 2.75) is 12.7 Å². The minimum Gasteiger partial charge on any atom is -0.260 e. The monoisotopic (exact) mass is 153 g/mol. The second-order valence-electron chi connectivity index (χ2n) is 2.26. The lowest BCUT2D eigenvalue weighted by Crippen LogP contribution is -1.85. The van der Waals surface area contributed by atoms with Crippen molar-refractivity contribution in [2.75, 3.05) is 6.26 Å². The molecule has 0 aliphatic heterocycles. The summed E-state index contributed by atoms with van der Waals surface area (Å²) in [6.45, 7) is 2.05. The summed E-state index contributed by atoms with van der Waals surface area (Å²) in [7, 11) is 0. The van der Waals surface area contributed by atoms with Gasteiger partial charge in [-0.25, -0.2) is 0 Å². The molecule has 0 atom stereocenters. The van der Waals surface area contributed by atoms with Crippen molar-refractivity contribution in [2.24, 2.45) is 0 Å². The summed E-state index contributed by atoms with van der Waals surface area (Å²) < 4.78 is 0. The predicted octanol–water partition coefficient (Wildman–Crippen LogP) is 2.25. The molecule has 54 valence electrons. The average molecular weight is 153 g/mol. The van der Waals surface area contributed by atoms with E-state index in [0.29, 0.717) is 0 Å². The van der Waals surface area contributed by atoms with Crippen molar-refractivity contribution in [1.82, 2.24) is 4.98 Å². The quantitative estimate of drug-likeness (QED) is 0.646. The van der Waals surface area contributed by atoms with Gasteiger partial charge in [-0.15, -0.1) is 0 Å². The van der Waals surface area contributed by atoms with Crippen molar-refractivity contribution in [3.8, 4) is 0 Å². The zero-order chi connectivity index (χ0) is 7.40. The van der Waals surface area contributed by atoms with E-state index in [1.807, 2.05) is 6.20 Å². The molecule has 0 radical (unpaired) electrons. The highest BCUT2D eigenvalue weighted by molar-refractivity contribution is 7.97. The number of nitrogens with zero attached hydrogens (tertiary/aromatic N) is 1. The van der Waals surface area contributed by atoms with Crippen LogP contribution in [0.15, 0.2) is 18.3 Å². The smallest absolute Gasteiger partial charge is 0.0502 e. The van der Waals surface area contributed by atoms with Crippen LogP contribution in [0.25, 0.3) is 0 Å². The molecule has 0 unspecified atom stereocenters. The van der Waals surface area contributed by atoms with Crippen LogP contribution < -0.4 is 0 Å². The van der Waals surface area contributed by atoms with E-state index < -0.39 is 0 Å². The number of aromatic nitrogens is 1. The number of thioether (sulfide) groups is 1. The van der Waals surface area contributed by atoms with Crippen LogP contribution in [-0.2, 0) is 5.75 Å². The van der Waals surface area contributed by atoms with E-state index in [9.17, 15) is 0 Å². The van der Waals surface area contributed by atoms with Gasteiger partial charge in [0.15, 0.2) is 0 Å². The molecule has 0 saturated heterocycles. The maximum Gasteiger partial charge on any atom is 0.0502 e. The zero-order valence-corrected chi connectivity index (χ0v) is 7.11.